The van der Waals surface area contributed by atoms with Crippen molar-refractivity contribution in [2.45, 2.75) is 24.7 Å². The minimum Gasteiger partial charge on any atom is -0.466 e. The predicted molar refractivity (Wildman–Crippen MR) is 113 cm³/mol. The summed E-state index contributed by atoms with van der Waals surface area (Å²) in [6.45, 7) is 2.69. The Morgan fingerprint density at radius 3 is 2.23 bits per heavy atom. The molecule has 166 valence electrons. The van der Waals surface area contributed by atoms with Crippen molar-refractivity contribution >= 4 is 21.7 Å². The van der Waals surface area contributed by atoms with Crippen LogP contribution in [0.3, 0.4) is 0 Å². The van der Waals surface area contributed by atoms with E-state index >= 15 is 0 Å². The maximum atomic E-state index is 13.4. The molecule has 9 heteroatoms. The second-order valence-corrected chi connectivity index (χ2v) is 8.88. The predicted octanol–water partition coefficient (Wildman–Crippen LogP) is 3.70. The summed E-state index contributed by atoms with van der Waals surface area (Å²) in [6, 6.07) is 10.6. The molecule has 1 aliphatic rings. The Hall–Kier alpha value is -2.78. The van der Waals surface area contributed by atoms with Gasteiger partial charge in [-0.3, -0.25) is 4.79 Å². The molecule has 0 amide bonds. The topological polar surface area (TPSA) is 66.9 Å². The smallest absolute Gasteiger partial charge is 0.307 e. The van der Waals surface area contributed by atoms with Gasteiger partial charge in [-0.15, -0.1) is 0 Å². The molecule has 0 N–H and O–H groups in total. The molecule has 6 nitrogen and oxygen atoms in total. The Labute approximate surface area is 180 Å². The maximum absolute atomic E-state index is 13.4. The first-order valence-corrected chi connectivity index (χ1v) is 11.4. The largest absolute Gasteiger partial charge is 0.466 e. The highest BCUT2D eigenvalue weighted by atomic mass is 32.2. The first-order valence-electron chi connectivity index (χ1n) is 9.94. The van der Waals surface area contributed by atoms with Gasteiger partial charge < -0.3 is 9.64 Å². The average molecular weight is 451 g/mol. The number of rotatable bonds is 8. The first kappa shape index (κ1) is 22.9. The van der Waals surface area contributed by atoms with Crippen LogP contribution in [-0.2, 0) is 19.6 Å². The van der Waals surface area contributed by atoms with Crippen molar-refractivity contribution in [3.8, 4) is 0 Å². The van der Waals surface area contributed by atoms with E-state index in [0.29, 0.717) is 18.7 Å². The van der Waals surface area contributed by atoms with Crippen molar-refractivity contribution in [3.05, 3.63) is 71.9 Å². The molecule has 0 radical (unpaired) electrons. The summed E-state index contributed by atoms with van der Waals surface area (Å²) in [7, 11) is -3.75. The minimum absolute atomic E-state index is 0.0310. The number of esters is 1. The Morgan fingerprint density at radius 1 is 1.06 bits per heavy atom. The van der Waals surface area contributed by atoms with Crippen molar-refractivity contribution in [3.63, 3.8) is 0 Å². The molecule has 0 atom stereocenters. The quantitative estimate of drug-likeness (QED) is 0.574. The van der Waals surface area contributed by atoms with Crippen molar-refractivity contribution in [1.29, 1.82) is 0 Å². The third-order valence-electron chi connectivity index (χ3n) is 4.93. The monoisotopic (exact) mass is 450 g/mol. The highest BCUT2D eigenvalue weighted by Crippen LogP contribution is 2.27. The van der Waals surface area contributed by atoms with Crippen LogP contribution in [0.15, 0.2) is 65.2 Å². The van der Waals surface area contributed by atoms with E-state index in [-0.39, 0.29) is 42.8 Å². The van der Waals surface area contributed by atoms with Gasteiger partial charge in [0.2, 0.25) is 10.0 Å². The van der Waals surface area contributed by atoms with Gasteiger partial charge in [0.15, 0.2) is 0 Å². The van der Waals surface area contributed by atoms with E-state index < -0.39 is 15.8 Å². The van der Waals surface area contributed by atoms with Gasteiger partial charge in [-0.1, -0.05) is 0 Å². The van der Waals surface area contributed by atoms with E-state index in [2.05, 4.69) is 0 Å². The number of carbonyl (C=O) groups is 1. The zero-order chi connectivity index (χ0) is 22.4. The third-order valence-corrected chi connectivity index (χ3v) is 6.81. The molecule has 0 saturated carbocycles. The second kappa shape index (κ2) is 10.0. The zero-order valence-corrected chi connectivity index (χ0v) is 17.9. The van der Waals surface area contributed by atoms with Crippen LogP contribution >= 0.6 is 0 Å². The van der Waals surface area contributed by atoms with Gasteiger partial charge in [0.1, 0.15) is 11.6 Å². The lowest BCUT2D eigenvalue weighted by Gasteiger charge is -2.33. The fourth-order valence-electron chi connectivity index (χ4n) is 3.35. The summed E-state index contributed by atoms with van der Waals surface area (Å²) >= 11 is 0. The number of sulfonamides is 1. The molecule has 1 heterocycles. The summed E-state index contributed by atoms with van der Waals surface area (Å²) in [6.07, 6.45) is 2.32. The second-order valence-electron chi connectivity index (χ2n) is 6.95. The van der Waals surface area contributed by atoms with Gasteiger partial charge in [-0.25, -0.2) is 17.2 Å². The Bertz CT molecular complexity index is 1040. The molecule has 0 aliphatic carbocycles. The molecular weight excluding hydrogens is 426 g/mol. The summed E-state index contributed by atoms with van der Waals surface area (Å²) in [5.41, 5.74) is 1.54. The molecule has 0 spiro atoms. The standard InChI is InChI=1S/C22H24F2N2O4S/c1-2-30-22(27)13-16-26(19-7-3-17(23)4-8-19)20-11-14-25(15-12-20)31(28,29)21-9-5-18(24)6-10-21/h3-11H,2,12-16H2,1H3. The molecule has 0 aromatic heterocycles. The lowest BCUT2D eigenvalue weighted by molar-refractivity contribution is -0.142. The van der Waals surface area contributed by atoms with Crippen LogP contribution in [0.25, 0.3) is 0 Å². The molecule has 1 aliphatic heterocycles. The van der Waals surface area contributed by atoms with Crippen molar-refractivity contribution in [2.24, 2.45) is 0 Å². The zero-order valence-electron chi connectivity index (χ0n) is 17.1. The van der Waals surface area contributed by atoms with E-state index in [1.807, 2.05) is 4.90 Å². The van der Waals surface area contributed by atoms with Gasteiger partial charge in [-0.05, 0) is 61.5 Å². The lowest BCUT2D eigenvalue weighted by Crippen LogP contribution is -2.38. The van der Waals surface area contributed by atoms with Crippen LogP contribution in [0.2, 0.25) is 0 Å². The molecule has 3 rings (SSSR count). The molecule has 0 unspecified atom stereocenters. The Balaban J connectivity index is 1.79. The number of hydrogen-bond acceptors (Lipinski definition) is 5. The molecule has 0 saturated heterocycles. The number of hydrogen-bond donors (Lipinski definition) is 0. The van der Waals surface area contributed by atoms with E-state index in [1.54, 1.807) is 25.1 Å². The van der Waals surface area contributed by atoms with Crippen LogP contribution in [0.4, 0.5) is 14.5 Å². The lowest BCUT2D eigenvalue weighted by atomic mass is 10.1. The third kappa shape index (κ3) is 5.68. The van der Waals surface area contributed by atoms with E-state index in [0.717, 1.165) is 17.8 Å². The van der Waals surface area contributed by atoms with Gasteiger partial charge >= 0.3 is 5.97 Å². The fourth-order valence-corrected chi connectivity index (χ4v) is 4.74. The van der Waals surface area contributed by atoms with Gasteiger partial charge in [0.25, 0.3) is 0 Å². The highest BCUT2D eigenvalue weighted by Gasteiger charge is 2.28. The number of nitrogens with zero attached hydrogens (tertiary/aromatic N) is 2. The van der Waals surface area contributed by atoms with Crippen LogP contribution in [0, 0.1) is 11.6 Å². The Morgan fingerprint density at radius 2 is 1.68 bits per heavy atom. The van der Waals surface area contributed by atoms with E-state index in [9.17, 15) is 22.0 Å². The van der Waals surface area contributed by atoms with Gasteiger partial charge in [0, 0.05) is 37.4 Å². The summed E-state index contributed by atoms with van der Waals surface area (Å²) < 4.78 is 58.5. The number of ether oxygens (including phenoxy) is 1. The number of anilines is 1. The Kier molecular flexibility index (Phi) is 7.40. The highest BCUT2D eigenvalue weighted by molar-refractivity contribution is 7.89. The van der Waals surface area contributed by atoms with Crippen molar-refractivity contribution in [2.75, 3.05) is 31.1 Å². The van der Waals surface area contributed by atoms with Gasteiger partial charge in [-0.2, -0.15) is 4.31 Å². The molecule has 0 bridgehead atoms. The molecule has 31 heavy (non-hydrogen) atoms. The van der Waals surface area contributed by atoms with Crippen molar-refractivity contribution in [1.82, 2.24) is 4.31 Å². The molecular formula is C22H24F2N2O4S. The molecule has 2 aromatic rings. The SMILES string of the molecule is CCOC(=O)CCN(C1=CCN(S(=O)(=O)c2ccc(F)cc2)CC1)c1ccc(F)cc1. The van der Waals surface area contributed by atoms with Crippen LogP contribution < -0.4 is 4.90 Å². The van der Waals surface area contributed by atoms with Crippen molar-refractivity contribution < 1.29 is 26.7 Å². The van der Waals surface area contributed by atoms with Crippen LogP contribution in [0.1, 0.15) is 19.8 Å². The molecule has 0 fully saturated rings. The van der Waals surface area contributed by atoms with E-state index in [1.165, 1.54) is 28.6 Å². The fraction of sp³-hybridized carbons (Fsp3) is 0.318. The number of carbonyl (C=O) groups excluding carboxylic acids is 1. The van der Waals surface area contributed by atoms with E-state index in [4.69, 9.17) is 4.74 Å². The summed E-state index contributed by atoms with van der Waals surface area (Å²) in [4.78, 5) is 13.7. The minimum atomic E-state index is -3.75. The first-order chi connectivity index (χ1) is 14.8. The van der Waals surface area contributed by atoms with Crippen LogP contribution in [0.5, 0.6) is 0 Å². The average Bonchev–Trinajstić information content (AvgIpc) is 2.76. The summed E-state index contributed by atoms with van der Waals surface area (Å²) in [5, 5.41) is 0. The molecule has 2 aromatic carbocycles. The van der Waals surface area contributed by atoms with Gasteiger partial charge in [0.05, 0.1) is 17.9 Å². The number of benzene rings is 2. The maximum Gasteiger partial charge on any atom is 0.307 e. The summed E-state index contributed by atoms with van der Waals surface area (Å²) in [5.74, 6) is -1.22. The normalized spacial score (nSPS) is 14.7. The van der Waals surface area contributed by atoms with Crippen LogP contribution in [-0.4, -0.2) is 44.9 Å². The number of halogens is 2.